The third-order valence-electron chi connectivity index (χ3n) is 2.88. The summed E-state index contributed by atoms with van der Waals surface area (Å²) in [5.41, 5.74) is 7.48. The second kappa shape index (κ2) is 4.43. The van der Waals surface area contributed by atoms with Gasteiger partial charge in [-0.15, -0.1) is 0 Å². The van der Waals surface area contributed by atoms with E-state index in [0.717, 1.165) is 24.3 Å². The van der Waals surface area contributed by atoms with Gasteiger partial charge in [-0.05, 0) is 24.6 Å². The van der Waals surface area contributed by atoms with Crippen LogP contribution in [-0.2, 0) is 4.79 Å². The van der Waals surface area contributed by atoms with Crippen molar-refractivity contribution in [3.63, 3.8) is 0 Å². The average molecular weight is 219 g/mol. The molecule has 1 atom stereocenters. The predicted octanol–water partition coefficient (Wildman–Crippen LogP) is 1.30. The topological polar surface area (TPSA) is 58.4 Å². The summed E-state index contributed by atoms with van der Waals surface area (Å²) in [6, 6.07) is 8.02. The van der Waals surface area contributed by atoms with Gasteiger partial charge in [0.25, 0.3) is 0 Å². The first-order chi connectivity index (χ1) is 7.65. The fraction of sp³-hybridized carbons (Fsp3) is 0.417. The van der Waals surface area contributed by atoms with Gasteiger partial charge in [0.15, 0.2) is 0 Å². The number of hydrogen-bond acceptors (Lipinski definition) is 3. The van der Waals surface area contributed by atoms with E-state index in [1.807, 2.05) is 31.3 Å². The Bertz CT molecular complexity index is 392. The van der Waals surface area contributed by atoms with Gasteiger partial charge in [-0.1, -0.05) is 6.07 Å². The Kier molecular flexibility index (Phi) is 2.99. The lowest BCUT2D eigenvalue weighted by Crippen LogP contribution is -2.43. The normalized spacial score (nSPS) is 20.9. The number of nitrogens with two attached hydrogens (primary N) is 1. The second-order valence-corrected chi connectivity index (χ2v) is 4.28. The van der Waals surface area contributed by atoms with Crippen LogP contribution in [0.4, 0.5) is 11.4 Å². The highest BCUT2D eigenvalue weighted by molar-refractivity contribution is 5.77. The van der Waals surface area contributed by atoms with Crippen LogP contribution in [-0.4, -0.2) is 30.4 Å². The number of nitrogens with one attached hydrogen (secondary N) is 1. The number of anilines is 2. The molecule has 1 unspecified atom stereocenters. The van der Waals surface area contributed by atoms with E-state index in [0.29, 0.717) is 12.5 Å². The highest BCUT2D eigenvalue weighted by Crippen LogP contribution is 2.17. The maximum atomic E-state index is 11.3. The van der Waals surface area contributed by atoms with Crippen LogP contribution in [0.15, 0.2) is 24.3 Å². The van der Waals surface area contributed by atoms with E-state index >= 15 is 0 Å². The molecule has 0 saturated carbocycles. The summed E-state index contributed by atoms with van der Waals surface area (Å²) in [6.07, 6.45) is 1.51. The molecule has 1 aromatic carbocycles. The van der Waals surface area contributed by atoms with Crippen molar-refractivity contribution in [2.45, 2.75) is 18.9 Å². The molecule has 3 N–H and O–H groups in total. The number of likely N-dealkylation sites (tertiary alicyclic amines) is 1. The number of piperidine rings is 1. The van der Waals surface area contributed by atoms with Gasteiger partial charge >= 0.3 is 0 Å². The molecule has 0 spiro atoms. The van der Waals surface area contributed by atoms with Crippen LogP contribution in [0, 0.1) is 0 Å². The number of likely N-dealkylation sites (N-methyl/N-ethyl adjacent to an activating group) is 1. The van der Waals surface area contributed by atoms with Crippen LogP contribution in [0.5, 0.6) is 0 Å². The van der Waals surface area contributed by atoms with Crippen LogP contribution < -0.4 is 11.1 Å². The Morgan fingerprint density at radius 2 is 2.31 bits per heavy atom. The largest absolute Gasteiger partial charge is 0.399 e. The minimum absolute atomic E-state index is 0.227. The quantitative estimate of drug-likeness (QED) is 0.737. The van der Waals surface area contributed by atoms with Crippen molar-refractivity contribution in [2.24, 2.45) is 0 Å². The average Bonchev–Trinajstić information content (AvgIpc) is 2.24. The summed E-state index contributed by atoms with van der Waals surface area (Å²) >= 11 is 0. The maximum absolute atomic E-state index is 11.3. The molecule has 0 aliphatic carbocycles. The van der Waals surface area contributed by atoms with Crippen molar-refractivity contribution >= 4 is 17.3 Å². The molecule has 16 heavy (non-hydrogen) atoms. The second-order valence-electron chi connectivity index (χ2n) is 4.28. The van der Waals surface area contributed by atoms with E-state index in [-0.39, 0.29) is 5.91 Å². The van der Waals surface area contributed by atoms with Crippen molar-refractivity contribution in [3.05, 3.63) is 24.3 Å². The Balaban J connectivity index is 1.98. The van der Waals surface area contributed by atoms with Gasteiger partial charge in [-0.3, -0.25) is 4.79 Å². The molecule has 1 aliphatic heterocycles. The number of nitrogens with zero attached hydrogens (tertiary/aromatic N) is 1. The highest BCUT2D eigenvalue weighted by Gasteiger charge is 2.22. The van der Waals surface area contributed by atoms with Crippen molar-refractivity contribution in [3.8, 4) is 0 Å². The Labute approximate surface area is 95.4 Å². The lowest BCUT2D eigenvalue weighted by atomic mass is 10.1. The molecular formula is C12H17N3O. The number of rotatable bonds is 2. The van der Waals surface area contributed by atoms with Gasteiger partial charge in [0.05, 0.1) is 0 Å². The van der Waals surface area contributed by atoms with Crippen molar-refractivity contribution < 1.29 is 4.79 Å². The summed E-state index contributed by atoms with van der Waals surface area (Å²) in [5.74, 6) is 0.227. The first-order valence-electron chi connectivity index (χ1n) is 5.51. The number of carbonyl (C=O) groups is 1. The number of benzene rings is 1. The molecule has 1 saturated heterocycles. The first-order valence-corrected chi connectivity index (χ1v) is 5.51. The molecule has 1 aromatic rings. The van der Waals surface area contributed by atoms with Gasteiger partial charge in [0.2, 0.25) is 5.91 Å². The monoisotopic (exact) mass is 219 g/mol. The van der Waals surface area contributed by atoms with Crippen molar-refractivity contribution in [1.82, 2.24) is 4.90 Å². The van der Waals surface area contributed by atoms with Crippen molar-refractivity contribution in [1.29, 1.82) is 0 Å². The summed E-state index contributed by atoms with van der Waals surface area (Å²) in [5, 5.41) is 3.40. The summed E-state index contributed by atoms with van der Waals surface area (Å²) in [7, 11) is 1.84. The molecule has 1 heterocycles. The molecule has 0 aromatic heterocycles. The zero-order valence-corrected chi connectivity index (χ0v) is 9.44. The summed E-state index contributed by atoms with van der Waals surface area (Å²) in [6.45, 7) is 0.758. The number of hydrogen-bond donors (Lipinski definition) is 2. The molecule has 4 heteroatoms. The molecule has 2 rings (SSSR count). The van der Waals surface area contributed by atoms with Crippen molar-refractivity contribution in [2.75, 3.05) is 24.6 Å². The fourth-order valence-electron chi connectivity index (χ4n) is 1.99. The van der Waals surface area contributed by atoms with E-state index < -0.39 is 0 Å². The summed E-state index contributed by atoms with van der Waals surface area (Å²) in [4.78, 5) is 13.1. The Morgan fingerprint density at radius 3 is 3.00 bits per heavy atom. The lowest BCUT2D eigenvalue weighted by molar-refractivity contribution is -0.132. The maximum Gasteiger partial charge on any atom is 0.222 e. The minimum atomic E-state index is 0.227. The van der Waals surface area contributed by atoms with E-state index in [1.54, 1.807) is 4.90 Å². The smallest absolute Gasteiger partial charge is 0.222 e. The van der Waals surface area contributed by atoms with Crippen LogP contribution in [0.2, 0.25) is 0 Å². The third-order valence-corrected chi connectivity index (χ3v) is 2.88. The molecule has 0 bridgehead atoms. The number of nitrogen functional groups attached to an aromatic ring is 1. The van der Waals surface area contributed by atoms with E-state index in [2.05, 4.69) is 5.32 Å². The first kappa shape index (κ1) is 10.8. The van der Waals surface area contributed by atoms with E-state index in [1.165, 1.54) is 0 Å². The SMILES string of the molecule is CN1CC(Nc2cccc(N)c2)CCC1=O. The highest BCUT2D eigenvalue weighted by atomic mass is 16.2. The number of carbonyl (C=O) groups excluding carboxylic acids is 1. The fourth-order valence-corrected chi connectivity index (χ4v) is 1.99. The van der Waals surface area contributed by atoms with Crippen LogP contribution >= 0.6 is 0 Å². The van der Waals surface area contributed by atoms with Crippen LogP contribution in [0.1, 0.15) is 12.8 Å². The zero-order chi connectivity index (χ0) is 11.5. The third kappa shape index (κ3) is 2.45. The summed E-state index contributed by atoms with van der Waals surface area (Å²) < 4.78 is 0. The van der Waals surface area contributed by atoms with Gasteiger partial charge in [-0.2, -0.15) is 0 Å². The minimum Gasteiger partial charge on any atom is -0.399 e. The molecule has 1 aliphatic rings. The molecule has 4 nitrogen and oxygen atoms in total. The van der Waals surface area contributed by atoms with Gasteiger partial charge in [-0.25, -0.2) is 0 Å². The molecule has 0 radical (unpaired) electrons. The van der Waals surface area contributed by atoms with Gasteiger partial charge in [0, 0.05) is 37.4 Å². The molecule has 86 valence electrons. The number of amides is 1. The zero-order valence-electron chi connectivity index (χ0n) is 9.44. The van der Waals surface area contributed by atoms with Gasteiger partial charge in [0.1, 0.15) is 0 Å². The van der Waals surface area contributed by atoms with Crippen LogP contribution in [0.25, 0.3) is 0 Å². The van der Waals surface area contributed by atoms with E-state index in [4.69, 9.17) is 5.73 Å². The Hall–Kier alpha value is -1.71. The standard InChI is InChI=1S/C12H17N3O/c1-15-8-11(5-6-12(15)16)14-10-4-2-3-9(13)7-10/h2-4,7,11,14H,5-6,8,13H2,1H3. The molecule has 1 amide bonds. The van der Waals surface area contributed by atoms with Gasteiger partial charge < -0.3 is 16.0 Å². The lowest BCUT2D eigenvalue weighted by Gasteiger charge is -2.30. The Morgan fingerprint density at radius 1 is 1.50 bits per heavy atom. The molecular weight excluding hydrogens is 202 g/mol. The molecule has 1 fully saturated rings. The predicted molar refractivity (Wildman–Crippen MR) is 65.1 cm³/mol. The van der Waals surface area contributed by atoms with Crippen LogP contribution in [0.3, 0.4) is 0 Å². The van der Waals surface area contributed by atoms with E-state index in [9.17, 15) is 4.79 Å².